The van der Waals surface area contributed by atoms with Crippen LogP contribution in [0.1, 0.15) is 57.3 Å². The lowest BCUT2D eigenvalue weighted by molar-refractivity contribution is 0.00451. The number of rotatable bonds is 5. The number of nitrogens with one attached hydrogen (secondary N) is 2. The summed E-state index contributed by atoms with van der Waals surface area (Å²) in [5.74, 6) is 2.77. The number of benzene rings is 1. The van der Waals surface area contributed by atoms with Crippen molar-refractivity contribution in [1.82, 2.24) is 30.0 Å². The van der Waals surface area contributed by atoms with Crippen LogP contribution in [0.25, 0.3) is 12.2 Å². The van der Waals surface area contributed by atoms with Crippen LogP contribution in [0, 0.1) is 0 Å². The number of hydrogen-bond donors (Lipinski definition) is 2. The quantitative estimate of drug-likeness (QED) is 0.483. The van der Waals surface area contributed by atoms with Crippen molar-refractivity contribution in [2.75, 3.05) is 43.4 Å². The molecule has 0 aliphatic carbocycles. The predicted octanol–water partition coefficient (Wildman–Crippen LogP) is 4.85. The van der Waals surface area contributed by atoms with Crippen LogP contribution >= 0.6 is 0 Å². The first-order valence-corrected chi connectivity index (χ1v) is 13.4. The van der Waals surface area contributed by atoms with E-state index in [9.17, 15) is 4.79 Å². The van der Waals surface area contributed by atoms with Gasteiger partial charge in [0, 0.05) is 37.8 Å². The van der Waals surface area contributed by atoms with Crippen LogP contribution in [-0.4, -0.2) is 74.9 Å². The number of piperazine rings is 1. The van der Waals surface area contributed by atoms with Crippen molar-refractivity contribution in [2.24, 2.45) is 0 Å². The average Bonchev–Trinajstić information content (AvgIpc) is 3.40. The third kappa shape index (κ3) is 5.90. The van der Waals surface area contributed by atoms with Crippen LogP contribution < -0.4 is 10.2 Å². The summed E-state index contributed by atoms with van der Waals surface area (Å²) in [4.78, 5) is 29.0. The van der Waals surface area contributed by atoms with Gasteiger partial charge in [-0.3, -0.25) is 10.00 Å². The van der Waals surface area contributed by atoms with Gasteiger partial charge in [-0.25, -0.2) is 14.8 Å². The number of fused-ring (bicyclic) bond motifs is 1. The normalized spacial score (nSPS) is 17.5. The predicted molar refractivity (Wildman–Crippen MR) is 154 cm³/mol. The Balaban J connectivity index is 1.43. The number of anilines is 3. The molecule has 1 aromatic carbocycles. The largest absolute Gasteiger partial charge is 0.444 e. The summed E-state index contributed by atoms with van der Waals surface area (Å²) in [7, 11) is 2.14. The maximum Gasteiger partial charge on any atom is 0.411 e. The van der Waals surface area contributed by atoms with Crippen molar-refractivity contribution in [3.05, 3.63) is 59.0 Å². The molecule has 1 fully saturated rings. The van der Waals surface area contributed by atoms with Crippen LogP contribution in [-0.2, 0) is 16.8 Å². The Kier molecular flexibility index (Phi) is 7.07. The highest BCUT2D eigenvalue weighted by atomic mass is 16.6. The number of amides is 1. The monoisotopic (exact) mass is 530 g/mol. The van der Waals surface area contributed by atoms with Crippen molar-refractivity contribution in [2.45, 2.75) is 52.3 Å². The van der Waals surface area contributed by atoms with Crippen molar-refractivity contribution in [3.63, 3.8) is 0 Å². The van der Waals surface area contributed by atoms with Crippen LogP contribution in [0.15, 0.2) is 36.4 Å². The molecular weight excluding hydrogens is 492 g/mol. The molecule has 0 radical (unpaired) electrons. The molecule has 2 aromatic heterocycles. The van der Waals surface area contributed by atoms with E-state index in [1.54, 1.807) is 4.90 Å². The summed E-state index contributed by atoms with van der Waals surface area (Å²) in [5, 5.41) is 11.1. The van der Waals surface area contributed by atoms with E-state index in [1.165, 1.54) is 0 Å². The van der Waals surface area contributed by atoms with E-state index in [4.69, 9.17) is 14.7 Å². The van der Waals surface area contributed by atoms with E-state index >= 15 is 0 Å². The second-order valence-electron chi connectivity index (χ2n) is 11.7. The Morgan fingerprint density at radius 2 is 1.79 bits per heavy atom. The molecule has 0 spiro atoms. The number of aromatic nitrogens is 4. The number of carbonyl (C=O) groups excluding carboxylic acids is 1. The minimum absolute atomic E-state index is 0.351. The van der Waals surface area contributed by atoms with Crippen molar-refractivity contribution in [3.8, 4) is 0 Å². The number of aromatic amines is 1. The fourth-order valence-electron chi connectivity index (χ4n) is 4.87. The van der Waals surface area contributed by atoms with Gasteiger partial charge in [-0.2, -0.15) is 5.10 Å². The first-order valence-electron chi connectivity index (χ1n) is 13.4. The van der Waals surface area contributed by atoms with Gasteiger partial charge in [0.1, 0.15) is 17.2 Å². The van der Waals surface area contributed by atoms with Gasteiger partial charge in [-0.15, -0.1) is 0 Å². The molecule has 0 unspecified atom stereocenters. The maximum atomic E-state index is 13.0. The zero-order valence-corrected chi connectivity index (χ0v) is 23.7. The highest BCUT2D eigenvalue weighted by Crippen LogP contribution is 2.41. The zero-order valence-electron chi connectivity index (χ0n) is 23.7. The van der Waals surface area contributed by atoms with Crippen molar-refractivity contribution < 1.29 is 9.53 Å². The van der Waals surface area contributed by atoms with Gasteiger partial charge >= 0.3 is 6.09 Å². The van der Waals surface area contributed by atoms with Crippen LogP contribution in [0.5, 0.6) is 0 Å². The molecule has 10 nitrogen and oxygen atoms in total. The average molecular weight is 531 g/mol. The molecule has 0 saturated carbocycles. The molecule has 39 heavy (non-hydrogen) atoms. The van der Waals surface area contributed by atoms with E-state index in [0.29, 0.717) is 24.0 Å². The summed E-state index contributed by atoms with van der Waals surface area (Å²) >= 11 is 0. The Morgan fingerprint density at radius 1 is 1.08 bits per heavy atom. The molecule has 10 heteroatoms. The molecule has 2 aliphatic heterocycles. The Hall–Kier alpha value is -3.92. The summed E-state index contributed by atoms with van der Waals surface area (Å²) in [6, 6.07) is 12.1. The van der Waals surface area contributed by atoms with Gasteiger partial charge < -0.3 is 19.9 Å². The van der Waals surface area contributed by atoms with Gasteiger partial charge in [-0.1, -0.05) is 36.4 Å². The number of nitrogens with zero attached hydrogens (tertiary/aromatic N) is 6. The number of ether oxygens (including phenoxy) is 1. The molecule has 3 aromatic rings. The highest BCUT2D eigenvalue weighted by molar-refractivity contribution is 5.73. The minimum atomic E-state index is -0.592. The van der Waals surface area contributed by atoms with E-state index in [0.717, 1.165) is 48.8 Å². The second-order valence-corrected chi connectivity index (χ2v) is 11.7. The third-order valence-electron chi connectivity index (χ3n) is 7.11. The molecule has 4 heterocycles. The smallest absolute Gasteiger partial charge is 0.411 e. The summed E-state index contributed by atoms with van der Waals surface area (Å²) < 4.78 is 5.68. The van der Waals surface area contributed by atoms with E-state index < -0.39 is 11.1 Å². The third-order valence-corrected chi connectivity index (χ3v) is 7.11. The Bertz CT molecular complexity index is 1350. The highest BCUT2D eigenvalue weighted by Gasteiger charge is 2.45. The summed E-state index contributed by atoms with van der Waals surface area (Å²) in [6.07, 6.45) is 3.60. The van der Waals surface area contributed by atoms with Crippen LogP contribution in [0.4, 0.5) is 22.2 Å². The topological polar surface area (TPSA) is 103 Å². The lowest BCUT2D eigenvalue weighted by Crippen LogP contribution is -2.44. The fraction of sp³-hybridized carbons (Fsp3) is 0.448. The molecular formula is C29H38N8O2. The number of H-pyrrole nitrogens is 1. The fourth-order valence-corrected chi connectivity index (χ4v) is 4.87. The van der Waals surface area contributed by atoms with Gasteiger partial charge in [0.05, 0.1) is 17.8 Å². The Labute approximate surface area is 230 Å². The lowest BCUT2D eigenvalue weighted by Gasteiger charge is -2.33. The van der Waals surface area contributed by atoms with Crippen molar-refractivity contribution in [1.29, 1.82) is 0 Å². The van der Waals surface area contributed by atoms with Crippen LogP contribution in [0.2, 0.25) is 0 Å². The molecule has 1 amide bonds. The summed E-state index contributed by atoms with van der Waals surface area (Å²) in [6.45, 7) is 13.7. The standard InChI is InChI=1S/C29H38N8O2/c1-28(2,3)39-27(38)37-19-21-25(29(37,4)5)33-34-26(21)32-23-18-24(36-16-14-35(6)15-17-36)31-22(30-23)13-12-20-10-8-7-9-11-20/h7-13,18H,14-17,19H2,1-6H3,(H2,30,31,32,33,34). The number of likely N-dealkylation sites (N-methyl/N-ethyl adjacent to an activating group) is 1. The van der Waals surface area contributed by atoms with E-state index in [2.05, 4.69) is 32.4 Å². The van der Waals surface area contributed by atoms with Gasteiger partial charge in [0.15, 0.2) is 11.6 Å². The molecule has 2 aliphatic rings. The second kappa shape index (κ2) is 10.3. The van der Waals surface area contributed by atoms with Crippen molar-refractivity contribution >= 4 is 35.7 Å². The first kappa shape index (κ1) is 26.7. The number of carbonyl (C=O) groups is 1. The lowest BCUT2D eigenvalue weighted by atomic mass is 10.0. The first-order chi connectivity index (χ1) is 18.5. The minimum Gasteiger partial charge on any atom is -0.444 e. The van der Waals surface area contributed by atoms with E-state index in [1.807, 2.05) is 83.2 Å². The maximum absolute atomic E-state index is 13.0. The summed E-state index contributed by atoms with van der Waals surface area (Å²) in [5.41, 5.74) is 1.72. The SMILES string of the molecule is CN1CCN(c2cc(Nc3n[nH]c4c3CN(C(=O)OC(C)(C)C)C4(C)C)nc(C=Cc3ccccc3)n2)CC1. The van der Waals surface area contributed by atoms with Gasteiger partial charge in [0.2, 0.25) is 0 Å². The molecule has 2 N–H and O–H groups in total. The molecule has 1 saturated heterocycles. The molecule has 0 atom stereocenters. The molecule has 5 rings (SSSR count). The van der Waals surface area contributed by atoms with Crippen LogP contribution in [0.3, 0.4) is 0 Å². The van der Waals surface area contributed by atoms with Gasteiger partial charge in [0.25, 0.3) is 0 Å². The van der Waals surface area contributed by atoms with Gasteiger partial charge in [-0.05, 0) is 53.3 Å². The molecule has 206 valence electrons. The Morgan fingerprint density at radius 3 is 2.49 bits per heavy atom. The van der Waals surface area contributed by atoms with E-state index in [-0.39, 0.29) is 6.09 Å². The molecule has 0 bridgehead atoms. The number of hydrogen-bond acceptors (Lipinski definition) is 8. The zero-order chi connectivity index (χ0) is 27.8.